The van der Waals surface area contributed by atoms with Crippen LogP contribution in [0.15, 0.2) is 103 Å². The number of aromatic nitrogens is 4. The van der Waals surface area contributed by atoms with Gasteiger partial charge in [-0.3, -0.25) is 0 Å². The first-order valence-corrected chi connectivity index (χ1v) is 12.1. The van der Waals surface area contributed by atoms with E-state index >= 15 is 0 Å². The van der Waals surface area contributed by atoms with Crippen molar-refractivity contribution < 1.29 is 0 Å². The molecule has 4 heteroatoms. The highest BCUT2D eigenvalue weighted by Gasteiger charge is 2.28. The highest BCUT2D eigenvalue weighted by atomic mass is 15.3. The molecule has 0 unspecified atom stereocenters. The summed E-state index contributed by atoms with van der Waals surface area (Å²) in [5, 5.41) is 8.75. The van der Waals surface area contributed by atoms with E-state index in [0.29, 0.717) is 0 Å². The van der Waals surface area contributed by atoms with Gasteiger partial charge < -0.3 is 9.55 Å². The molecule has 0 saturated heterocycles. The number of H-pyrrole nitrogens is 1. The predicted molar refractivity (Wildman–Crippen MR) is 143 cm³/mol. The SMILES string of the molecule is c1ccc(-n2c3c(c4ccccc42)CCc2c-3cnn2-c2ccc3[nH]c4ccccc4c3c2)cc1. The number of fused-ring (bicyclic) bond motifs is 8. The van der Waals surface area contributed by atoms with Gasteiger partial charge in [-0.05, 0) is 60.9 Å². The third-order valence-electron chi connectivity index (χ3n) is 7.46. The minimum Gasteiger partial charge on any atom is -0.355 e. The van der Waals surface area contributed by atoms with Crippen LogP contribution >= 0.6 is 0 Å². The van der Waals surface area contributed by atoms with Crippen molar-refractivity contribution in [3.05, 3.63) is 115 Å². The molecule has 0 spiro atoms. The van der Waals surface area contributed by atoms with Crippen LogP contribution in [-0.4, -0.2) is 19.3 Å². The molecule has 3 heterocycles. The molecule has 1 aliphatic rings. The summed E-state index contributed by atoms with van der Waals surface area (Å²) in [5.41, 5.74) is 11.1. The summed E-state index contributed by atoms with van der Waals surface area (Å²) in [6, 6.07) is 34.6. The molecule has 0 saturated carbocycles. The minimum atomic E-state index is 0.969. The number of benzene rings is 4. The average molecular weight is 451 g/mol. The molecule has 4 nitrogen and oxygen atoms in total. The Labute approximate surface area is 202 Å². The summed E-state index contributed by atoms with van der Waals surface area (Å²) in [6.45, 7) is 0. The van der Waals surface area contributed by atoms with Crippen LogP contribution in [0.3, 0.4) is 0 Å². The van der Waals surface area contributed by atoms with E-state index in [4.69, 9.17) is 5.10 Å². The molecule has 0 amide bonds. The van der Waals surface area contributed by atoms with Crippen molar-refractivity contribution >= 4 is 32.7 Å². The second-order valence-electron chi connectivity index (χ2n) is 9.33. The number of para-hydroxylation sites is 3. The molecule has 4 aromatic carbocycles. The molecule has 35 heavy (non-hydrogen) atoms. The lowest BCUT2D eigenvalue weighted by molar-refractivity contribution is 0.782. The van der Waals surface area contributed by atoms with E-state index in [0.717, 1.165) is 24.0 Å². The lowest BCUT2D eigenvalue weighted by Crippen LogP contribution is -2.10. The summed E-state index contributed by atoms with van der Waals surface area (Å²) < 4.78 is 4.56. The maximum absolute atomic E-state index is 4.94. The van der Waals surface area contributed by atoms with Gasteiger partial charge in [-0.1, -0.05) is 54.6 Å². The molecule has 3 aromatic heterocycles. The van der Waals surface area contributed by atoms with Crippen molar-refractivity contribution in [1.29, 1.82) is 0 Å². The van der Waals surface area contributed by atoms with E-state index in [1.54, 1.807) is 0 Å². The number of nitrogens with one attached hydrogen (secondary N) is 1. The van der Waals surface area contributed by atoms with Crippen LogP contribution in [-0.2, 0) is 12.8 Å². The van der Waals surface area contributed by atoms with E-state index in [2.05, 4.69) is 117 Å². The van der Waals surface area contributed by atoms with Gasteiger partial charge in [-0.25, -0.2) is 4.68 Å². The second-order valence-corrected chi connectivity index (χ2v) is 9.33. The topological polar surface area (TPSA) is 38.5 Å². The van der Waals surface area contributed by atoms with E-state index in [1.165, 1.54) is 55.4 Å². The van der Waals surface area contributed by atoms with Gasteiger partial charge in [0, 0.05) is 38.4 Å². The molecule has 0 radical (unpaired) electrons. The highest BCUT2D eigenvalue weighted by Crippen LogP contribution is 2.42. The van der Waals surface area contributed by atoms with Crippen LogP contribution < -0.4 is 0 Å². The monoisotopic (exact) mass is 450 g/mol. The first kappa shape index (κ1) is 18.8. The molecule has 1 aliphatic carbocycles. The van der Waals surface area contributed by atoms with Gasteiger partial charge in [0.15, 0.2) is 0 Å². The smallest absolute Gasteiger partial charge is 0.0656 e. The van der Waals surface area contributed by atoms with Crippen molar-refractivity contribution in [2.45, 2.75) is 12.8 Å². The molecular weight excluding hydrogens is 428 g/mol. The Morgan fingerprint density at radius 3 is 2.34 bits per heavy atom. The molecule has 0 fully saturated rings. The summed E-state index contributed by atoms with van der Waals surface area (Å²) >= 11 is 0. The zero-order valence-corrected chi connectivity index (χ0v) is 19.1. The van der Waals surface area contributed by atoms with E-state index in [-0.39, 0.29) is 0 Å². The summed E-state index contributed by atoms with van der Waals surface area (Å²) in [4.78, 5) is 3.53. The van der Waals surface area contributed by atoms with Gasteiger partial charge in [0.25, 0.3) is 0 Å². The van der Waals surface area contributed by atoms with Crippen LogP contribution in [0, 0.1) is 0 Å². The van der Waals surface area contributed by atoms with Crippen LogP contribution in [0.1, 0.15) is 11.3 Å². The minimum absolute atomic E-state index is 0.969. The van der Waals surface area contributed by atoms with E-state index in [1.807, 2.05) is 0 Å². The number of nitrogens with zero attached hydrogens (tertiary/aromatic N) is 3. The van der Waals surface area contributed by atoms with Gasteiger partial charge in [0.2, 0.25) is 0 Å². The van der Waals surface area contributed by atoms with Gasteiger partial charge in [-0.2, -0.15) is 5.10 Å². The van der Waals surface area contributed by atoms with Crippen molar-refractivity contribution in [3.8, 4) is 22.6 Å². The maximum Gasteiger partial charge on any atom is 0.0656 e. The molecule has 1 N–H and O–H groups in total. The third kappa shape index (κ3) is 2.59. The number of aromatic amines is 1. The fourth-order valence-electron chi connectivity index (χ4n) is 5.93. The first-order chi connectivity index (χ1) is 17.4. The molecular formula is C31H22N4. The maximum atomic E-state index is 4.94. The van der Waals surface area contributed by atoms with Crippen LogP contribution in [0.25, 0.3) is 55.3 Å². The lowest BCUT2D eigenvalue weighted by atomic mass is 9.93. The molecule has 7 aromatic rings. The number of aryl methyl sites for hydroxylation is 1. The van der Waals surface area contributed by atoms with Gasteiger partial charge >= 0.3 is 0 Å². The normalized spacial score (nSPS) is 12.9. The summed E-state index contributed by atoms with van der Waals surface area (Å²) in [6.07, 6.45) is 4.03. The fraction of sp³-hybridized carbons (Fsp3) is 0.0645. The van der Waals surface area contributed by atoms with Crippen molar-refractivity contribution in [2.75, 3.05) is 0 Å². The van der Waals surface area contributed by atoms with Crippen LogP contribution in [0.5, 0.6) is 0 Å². The van der Waals surface area contributed by atoms with Crippen molar-refractivity contribution in [2.24, 2.45) is 0 Å². The zero-order valence-electron chi connectivity index (χ0n) is 19.1. The van der Waals surface area contributed by atoms with E-state index in [9.17, 15) is 0 Å². The van der Waals surface area contributed by atoms with Crippen LogP contribution in [0.4, 0.5) is 0 Å². The Morgan fingerprint density at radius 1 is 0.657 bits per heavy atom. The quantitative estimate of drug-likeness (QED) is 0.297. The Kier molecular flexibility index (Phi) is 3.74. The Morgan fingerprint density at radius 2 is 1.43 bits per heavy atom. The number of rotatable bonds is 2. The van der Waals surface area contributed by atoms with Crippen molar-refractivity contribution in [3.63, 3.8) is 0 Å². The Hall–Kier alpha value is -4.57. The number of hydrogen-bond donors (Lipinski definition) is 1. The second kappa shape index (κ2) is 6.97. The van der Waals surface area contributed by atoms with Crippen LogP contribution in [0.2, 0.25) is 0 Å². The average Bonchev–Trinajstić information content (AvgIpc) is 3.60. The van der Waals surface area contributed by atoms with E-state index < -0.39 is 0 Å². The predicted octanol–water partition coefficient (Wildman–Crippen LogP) is 7.22. The Bertz CT molecular complexity index is 1900. The zero-order chi connectivity index (χ0) is 22.9. The fourth-order valence-corrected chi connectivity index (χ4v) is 5.93. The molecule has 0 atom stereocenters. The Balaban J connectivity index is 1.37. The third-order valence-corrected chi connectivity index (χ3v) is 7.46. The molecule has 0 aliphatic heterocycles. The molecule has 8 rings (SSSR count). The highest BCUT2D eigenvalue weighted by molar-refractivity contribution is 6.07. The molecule has 166 valence electrons. The van der Waals surface area contributed by atoms with Gasteiger partial charge in [0.1, 0.15) is 0 Å². The summed E-state index contributed by atoms with van der Waals surface area (Å²) in [7, 11) is 0. The van der Waals surface area contributed by atoms with Crippen molar-refractivity contribution in [1.82, 2.24) is 19.3 Å². The number of hydrogen-bond acceptors (Lipinski definition) is 1. The van der Waals surface area contributed by atoms with Gasteiger partial charge in [-0.15, -0.1) is 0 Å². The first-order valence-electron chi connectivity index (χ1n) is 12.1. The largest absolute Gasteiger partial charge is 0.355 e. The van der Waals surface area contributed by atoms with Gasteiger partial charge in [0.05, 0.1) is 28.8 Å². The molecule has 0 bridgehead atoms. The lowest BCUT2D eigenvalue weighted by Gasteiger charge is -2.18. The summed E-state index contributed by atoms with van der Waals surface area (Å²) in [5.74, 6) is 0. The standard InChI is InChI=1S/C31H22N4/c1-2-8-20(9-3-1)34-29-13-7-5-11-23(29)24-15-17-30-26(31(24)34)19-32-35(30)21-14-16-28-25(18-21)22-10-4-6-12-27(22)33-28/h1-14,16,18-19,33H,15,17H2.